The van der Waals surface area contributed by atoms with Crippen LogP contribution in [0.3, 0.4) is 0 Å². The standard InChI is InChI=1S/C24H23Cl2FN4O2.ClH/c1-24(2)20-21(23(32)29-30-10-4-3-5-11-30)28-31(18-9-6-14(25)12-17(18)26)22(20)16-8-7-15(27)13-19(16)33-24;/h6-9,12-13H,3-5,10-11H2,1-2H3,(H,29,32);1H. The predicted molar refractivity (Wildman–Crippen MR) is 133 cm³/mol. The van der Waals surface area contributed by atoms with Gasteiger partial charge in [0.2, 0.25) is 0 Å². The highest BCUT2D eigenvalue weighted by Gasteiger charge is 2.41. The monoisotopic (exact) mass is 524 g/mol. The first-order valence-corrected chi connectivity index (χ1v) is 11.6. The molecule has 0 aliphatic carbocycles. The van der Waals surface area contributed by atoms with Crippen LogP contribution >= 0.6 is 35.6 Å². The number of aromatic nitrogens is 2. The highest BCUT2D eigenvalue weighted by Crippen LogP contribution is 2.48. The first-order chi connectivity index (χ1) is 15.7. The van der Waals surface area contributed by atoms with E-state index in [0.717, 1.165) is 32.4 Å². The summed E-state index contributed by atoms with van der Waals surface area (Å²) in [6.07, 6.45) is 3.21. The Bertz CT molecular complexity index is 1260. The number of halogens is 4. The number of nitrogens with one attached hydrogen (secondary N) is 1. The Morgan fingerprint density at radius 3 is 2.56 bits per heavy atom. The van der Waals surface area contributed by atoms with Gasteiger partial charge in [0.25, 0.3) is 5.91 Å². The second-order valence-corrected chi connectivity index (χ2v) is 9.66. The molecule has 180 valence electrons. The lowest BCUT2D eigenvalue weighted by Gasteiger charge is -2.34. The Kier molecular flexibility index (Phi) is 6.84. The van der Waals surface area contributed by atoms with Gasteiger partial charge >= 0.3 is 0 Å². The van der Waals surface area contributed by atoms with Gasteiger partial charge in [-0.25, -0.2) is 14.1 Å². The molecular formula is C24H24Cl3FN4O2. The van der Waals surface area contributed by atoms with E-state index in [1.54, 1.807) is 28.9 Å². The highest BCUT2D eigenvalue weighted by molar-refractivity contribution is 6.35. The summed E-state index contributed by atoms with van der Waals surface area (Å²) < 4.78 is 21.8. The van der Waals surface area contributed by atoms with Crippen molar-refractivity contribution in [3.8, 4) is 22.7 Å². The molecule has 10 heteroatoms. The van der Waals surface area contributed by atoms with Gasteiger partial charge in [-0.2, -0.15) is 5.10 Å². The molecule has 0 saturated carbocycles. The van der Waals surface area contributed by atoms with Crippen LogP contribution in [-0.2, 0) is 5.60 Å². The third-order valence-corrected chi connectivity index (χ3v) is 6.56. The molecule has 0 bridgehead atoms. The molecule has 1 amide bonds. The van der Waals surface area contributed by atoms with Gasteiger partial charge in [0.15, 0.2) is 5.69 Å². The van der Waals surface area contributed by atoms with E-state index in [1.165, 1.54) is 12.1 Å². The molecule has 3 heterocycles. The van der Waals surface area contributed by atoms with Gasteiger partial charge in [-0.15, -0.1) is 12.4 Å². The van der Waals surface area contributed by atoms with Crippen LogP contribution in [0.25, 0.3) is 16.9 Å². The zero-order chi connectivity index (χ0) is 23.3. The van der Waals surface area contributed by atoms with Crippen molar-refractivity contribution in [1.29, 1.82) is 0 Å². The van der Waals surface area contributed by atoms with Crippen molar-refractivity contribution in [2.24, 2.45) is 0 Å². The molecule has 2 aliphatic rings. The SMILES string of the molecule is CC1(C)Oc2cc(F)ccc2-c2c1c(C(=O)NN1CCCCC1)nn2-c1ccc(Cl)cc1Cl.Cl. The van der Waals surface area contributed by atoms with Crippen molar-refractivity contribution in [3.63, 3.8) is 0 Å². The van der Waals surface area contributed by atoms with E-state index in [9.17, 15) is 9.18 Å². The zero-order valence-corrected chi connectivity index (χ0v) is 21.0. The highest BCUT2D eigenvalue weighted by atomic mass is 35.5. The summed E-state index contributed by atoms with van der Waals surface area (Å²) in [6.45, 7) is 5.26. The van der Waals surface area contributed by atoms with Gasteiger partial charge in [0.1, 0.15) is 17.2 Å². The average molecular weight is 526 g/mol. The summed E-state index contributed by atoms with van der Waals surface area (Å²) in [4.78, 5) is 13.4. The second-order valence-electron chi connectivity index (χ2n) is 8.82. The van der Waals surface area contributed by atoms with Gasteiger partial charge in [-0.05, 0) is 57.0 Å². The van der Waals surface area contributed by atoms with E-state index in [1.807, 2.05) is 18.9 Å². The molecule has 34 heavy (non-hydrogen) atoms. The van der Waals surface area contributed by atoms with Crippen molar-refractivity contribution >= 4 is 41.5 Å². The second kappa shape index (κ2) is 9.38. The maximum Gasteiger partial charge on any atom is 0.286 e. The van der Waals surface area contributed by atoms with Crippen LogP contribution in [0.5, 0.6) is 5.75 Å². The molecule has 0 spiro atoms. The Morgan fingerprint density at radius 1 is 1.12 bits per heavy atom. The minimum atomic E-state index is -0.943. The summed E-state index contributed by atoms with van der Waals surface area (Å²) >= 11 is 12.6. The lowest BCUT2D eigenvalue weighted by Crippen LogP contribution is -2.46. The van der Waals surface area contributed by atoms with Crippen LogP contribution in [-0.4, -0.2) is 33.8 Å². The van der Waals surface area contributed by atoms with Gasteiger partial charge in [-0.1, -0.05) is 29.6 Å². The van der Waals surface area contributed by atoms with Crippen LogP contribution in [0.2, 0.25) is 10.0 Å². The quantitative estimate of drug-likeness (QED) is 0.445. The van der Waals surface area contributed by atoms with Crippen molar-refractivity contribution in [2.75, 3.05) is 13.1 Å². The van der Waals surface area contributed by atoms with E-state index in [4.69, 9.17) is 33.0 Å². The molecule has 2 aliphatic heterocycles. The van der Waals surface area contributed by atoms with Crippen LogP contribution < -0.4 is 10.2 Å². The normalized spacial score (nSPS) is 16.6. The summed E-state index contributed by atoms with van der Waals surface area (Å²) in [6, 6.07) is 9.41. The van der Waals surface area contributed by atoms with Gasteiger partial charge in [0, 0.05) is 29.7 Å². The van der Waals surface area contributed by atoms with E-state index in [2.05, 4.69) is 5.43 Å². The number of hydrogen-bond donors (Lipinski definition) is 1. The summed E-state index contributed by atoms with van der Waals surface area (Å²) in [5, 5.41) is 7.50. The zero-order valence-electron chi connectivity index (χ0n) is 18.7. The maximum atomic E-state index is 14.0. The third-order valence-electron chi connectivity index (χ3n) is 6.02. The smallest absolute Gasteiger partial charge is 0.286 e. The summed E-state index contributed by atoms with van der Waals surface area (Å²) in [5.74, 6) is -0.354. The van der Waals surface area contributed by atoms with Gasteiger partial charge in [-0.3, -0.25) is 10.2 Å². The minimum absolute atomic E-state index is 0. The van der Waals surface area contributed by atoms with Crippen molar-refractivity contribution in [1.82, 2.24) is 20.2 Å². The van der Waals surface area contributed by atoms with Crippen LogP contribution in [0.1, 0.15) is 49.2 Å². The Labute approximate surface area is 213 Å². The first kappa shape index (κ1) is 24.8. The van der Waals surface area contributed by atoms with Crippen LogP contribution in [0.15, 0.2) is 36.4 Å². The predicted octanol–water partition coefficient (Wildman–Crippen LogP) is 6.17. The van der Waals surface area contributed by atoms with E-state index >= 15 is 0 Å². The van der Waals surface area contributed by atoms with Gasteiger partial charge < -0.3 is 4.74 Å². The topological polar surface area (TPSA) is 59.4 Å². The lowest BCUT2D eigenvalue weighted by atomic mass is 9.88. The molecule has 1 fully saturated rings. The number of carbonyl (C=O) groups excluding carboxylic acids is 1. The molecule has 0 atom stereocenters. The number of piperidine rings is 1. The van der Waals surface area contributed by atoms with Crippen molar-refractivity contribution < 1.29 is 13.9 Å². The Balaban J connectivity index is 0.00000274. The average Bonchev–Trinajstić information content (AvgIpc) is 3.16. The number of ether oxygens (including phenoxy) is 1. The fourth-order valence-electron chi connectivity index (χ4n) is 4.53. The molecule has 5 rings (SSSR count). The third kappa shape index (κ3) is 4.38. The fraction of sp³-hybridized carbons (Fsp3) is 0.333. The number of hydrogen-bond acceptors (Lipinski definition) is 4. The summed E-state index contributed by atoms with van der Waals surface area (Å²) in [7, 11) is 0. The van der Waals surface area contributed by atoms with Crippen molar-refractivity contribution in [3.05, 3.63) is 63.5 Å². The van der Waals surface area contributed by atoms with Crippen LogP contribution in [0.4, 0.5) is 4.39 Å². The van der Waals surface area contributed by atoms with E-state index in [-0.39, 0.29) is 24.0 Å². The van der Waals surface area contributed by atoms with Crippen molar-refractivity contribution in [2.45, 2.75) is 38.7 Å². The molecule has 1 saturated heterocycles. The number of carbonyl (C=O) groups is 1. The Morgan fingerprint density at radius 2 is 1.85 bits per heavy atom. The molecule has 0 unspecified atom stereocenters. The lowest BCUT2D eigenvalue weighted by molar-refractivity contribution is 0.0720. The number of fused-ring (bicyclic) bond motifs is 3. The number of amides is 1. The molecule has 6 nitrogen and oxygen atoms in total. The number of rotatable bonds is 3. The first-order valence-electron chi connectivity index (χ1n) is 10.9. The fourth-order valence-corrected chi connectivity index (χ4v) is 5.02. The molecule has 0 radical (unpaired) electrons. The minimum Gasteiger partial charge on any atom is -0.482 e. The largest absolute Gasteiger partial charge is 0.482 e. The molecule has 3 aromatic rings. The maximum absolute atomic E-state index is 14.0. The number of hydrazine groups is 1. The van der Waals surface area contributed by atoms with E-state index < -0.39 is 11.4 Å². The number of nitrogens with zero attached hydrogens (tertiary/aromatic N) is 3. The van der Waals surface area contributed by atoms with Gasteiger partial charge in [0.05, 0.1) is 22.0 Å². The summed E-state index contributed by atoms with van der Waals surface area (Å²) in [5.41, 5.74) is 4.72. The molecule has 1 N–H and O–H groups in total. The molecule has 1 aromatic heterocycles. The number of benzene rings is 2. The molecule has 2 aromatic carbocycles. The molecular weight excluding hydrogens is 502 g/mol. The Hall–Kier alpha value is -2.32. The van der Waals surface area contributed by atoms with Crippen LogP contribution in [0, 0.1) is 5.82 Å². The van der Waals surface area contributed by atoms with E-state index in [0.29, 0.717) is 38.3 Å².